The van der Waals surface area contributed by atoms with E-state index in [0.717, 1.165) is 65.3 Å². The molecule has 2 aromatic heterocycles. The summed E-state index contributed by atoms with van der Waals surface area (Å²) in [7, 11) is 0. The molecule has 0 bridgehead atoms. The maximum atomic E-state index is 11.7. The van der Waals surface area contributed by atoms with E-state index in [2.05, 4.69) is 97.0 Å². The van der Waals surface area contributed by atoms with Crippen LogP contribution in [0.5, 0.6) is 0 Å². The summed E-state index contributed by atoms with van der Waals surface area (Å²) in [4.78, 5) is 16.6. The molecule has 1 aliphatic rings. The van der Waals surface area contributed by atoms with Crippen molar-refractivity contribution in [3.05, 3.63) is 88.8 Å². The Morgan fingerprint density at radius 1 is 0.902 bits per heavy atom. The first-order chi connectivity index (χ1) is 23.7. The van der Waals surface area contributed by atoms with Gasteiger partial charge in [-0.25, -0.2) is 0 Å². The number of carbonyl (C=O) groups is 1. The fraction of sp³-hybridized carbons (Fsp3) is 0.478. The maximum absolute atomic E-state index is 11.7. The Morgan fingerprint density at radius 3 is 2.16 bits per heavy atom. The molecule has 0 fully saturated rings. The number of rotatable bonds is 9. The number of carbonyl (C=O) groups excluding carboxylic acids is 1. The first-order valence-corrected chi connectivity index (χ1v) is 18.9. The molecule has 0 aliphatic heterocycles. The van der Waals surface area contributed by atoms with Crippen LogP contribution in [0.4, 0.5) is 0 Å². The number of ketones is 1. The van der Waals surface area contributed by atoms with E-state index in [0.29, 0.717) is 5.92 Å². The van der Waals surface area contributed by atoms with E-state index >= 15 is 0 Å². The molecule has 0 saturated heterocycles. The van der Waals surface area contributed by atoms with Gasteiger partial charge in [-0.15, -0.1) is 29.1 Å². The summed E-state index contributed by atoms with van der Waals surface area (Å²) in [5, 5.41) is 14.5. The molecular weight excluding hydrogens is 807 g/mol. The largest absolute Gasteiger partial charge is 0.512 e. The van der Waals surface area contributed by atoms with Crippen LogP contribution in [0.2, 0.25) is 0 Å². The monoisotopic (exact) mass is 865 g/mol. The number of fused-ring (bicyclic) bond motifs is 6. The third-order valence-electron chi connectivity index (χ3n) is 11.4. The minimum atomic E-state index is 0. The first kappa shape index (κ1) is 40.5. The molecule has 1 radical (unpaired) electrons. The minimum absolute atomic E-state index is 0. The molecule has 5 aromatic rings. The third-order valence-corrected chi connectivity index (χ3v) is 11.4. The van der Waals surface area contributed by atoms with Gasteiger partial charge in [0, 0.05) is 66.2 Å². The summed E-state index contributed by atoms with van der Waals surface area (Å²) < 4.78 is 6.88. The zero-order chi connectivity index (χ0) is 36.5. The third kappa shape index (κ3) is 7.91. The predicted octanol–water partition coefficient (Wildman–Crippen LogP) is 13.2. The number of aliphatic hydroxyl groups excluding tert-OH is 1. The number of aromatic nitrogens is 1. The molecule has 4 nitrogen and oxygen atoms in total. The number of pyridine rings is 1. The van der Waals surface area contributed by atoms with Gasteiger partial charge in [-0.1, -0.05) is 104 Å². The molecule has 0 spiro atoms. The van der Waals surface area contributed by atoms with Crippen LogP contribution in [0.3, 0.4) is 0 Å². The van der Waals surface area contributed by atoms with Crippen LogP contribution < -0.4 is 0 Å². The molecule has 51 heavy (non-hydrogen) atoms. The first-order valence-electron chi connectivity index (χ1n) is 18.9. The number of allylic oxidation sites excluding steroid dienone is 2. The Bertz CT molecular complexity index is 2040. The van der Waals surface area contributed by atoms with Crippen LogP contribution in [0.1, 0.15) is 136 Å². The Morgan fingerprint density at radius 2 is 1.53 bits per heavy atom. The zero-order valence-corrected chi connectivity index (χ0v) is 35.1. The van der Waals surface area contributed by atoms with Gasteiger partial charge < -0.3 is 9.52 Å². The fourth-order valence-corrected chi connectivity index (χ4v) is 8.00. The van der Waals surface area contributed by atoms with Crippen molar-refractivity contribution in [3.8, 4) is 11.3 Å². The molecule has 5 heteroatoms. The Labute approximate surface area is 319 Å². The smallest absolute Gasteiger partial charge is 0.162 e. The molecule has 2 heterocycles. The van der Waals surface area contributed by atoms with Crippen LogP contribution in [0, 0.1) is 24.8 Å². The molecule has 1 aliphatic carbocycles. The average Bonchev–Trinajstić information content (AvgIpc) is 3.48. The normalized spacial score (nSPS) is 15.3. The van der Waals surface area contributed by atoms with Gasteiger partial charge >= 0.3 is 0 Å². The molecule has 0 atom stereocenters. The van der Waals surface area contributed by atoms with Crippen molar-refractivity contribution in [2.45, 2.75) is 131 Å². The molecular formula is C46H58IrNO3-. The van der Waals surface area contributed by atoms with Crippen LogP contribution in [0.25, 0.3) is 44.0 Å². The van der Waals surface area contributed by atoms with Gasteiger partial charge in [0.2, 0.25) is 0 Å². The van der Waals surface area contributed by atoms with E-state index in [1.54, 1.807) is 0 Å². The summed E-state index contributed by atoms with van der Waals surface area (Å²) >= 11 is 0. The van der Waals surface area contributed by atoms with Gasteiger partial charge in [0.05, 0.1) is 5.76 Å². The van der Waals surface area contributed by atoms with E-state index in [1.165, 1.54) is 45.5 Å². The van der Waals surface area contributed by atoms with Gasteiger partial charge in [0.25, 0.3) is 0 Å². The van der Waals surface area contributed by atoms with Crippen molar-refractivity contribution < 1.29 is 34.4 Å². The predicted molar refractivity (Wildman–Crippen MR) is 211 cm³/mol. The van der Waals surface area contributed by atoms with Crippen molar-refractivity contribution in [1.82, 2.24) is 4.98 Å². The maximum Gasteiger partial charge on any atom is 0.162 e. The van der Waals surface area contributed by atoms with Crippen molar-refractivity contribution in [2.75, 3.05) is 0 Å². The van der Waals surface area contributed by atoms with E-state index in [9.17, 15) is 9.90 Å². The van der Waals surface area contributed by atoms with Crippen molar-refractivity contribution in [1.29, 1.82) is 0 Å². The van der Waals surface area contributed by atoms with E-state index < -0.39 is 0 Å². The second-order valence-electron chi connectivity index (χ2n) is 16.1. The van der Waals surface area contributed by atoms with Crippen molar-refractivity contribution in [3.63, 3.8) is 0 Å². The second-order valence-corrected chi connectivity index (χ2v) is 16.1. The van der Waals surface area contributed by atoms with Crippen LogP contribution >= 0.6 is 0 Å². The molecule has 1 N–H and O–H groups in total. The number of hydrogen-bond donors (Lipinski definition) is 1. The van der Waals surface area contributed by atoms with Crippen LogP contribution in [-0.2, 0) is 35.7 Å². The number of aliphatic hydroxyl groups is 1. The minimum Gasteiger partial charge on any atom is -0.512 e. The van der Waals surface area contributed by atoms with E-state index in [-0.39, 0.29) is 54.3 Å². The number of aryl methyl sites for hydroxylation is 1. The SMILES string of the molecule is CCC(CC)C(=O)/C=C(\O)C(CC)CC.Cc1cc2c(c3oc4c(-c5[c-]c6ccccc6c(C(C)C)c5)nccc4c13)C(C)(C)CCC2(C)C.[Ir]. The molecule has 275 valence electrons. The Hall–Kier alpha value is -3.27. The Balaban J connectivity index is 0.000000312. The number of hydrogen-bond acceptors (Lipinski definition) is 4. The molecule has 6 rings (SSSR count). The number of nitrogens with zero attached hydrogens (tertiary/aromatic N) is 1. The quantitative estimate of drug-likeness (QED) is 0.0911. The standard InChI is InChI=1S/C33H34NO.C13H24O2.Ir/c1-19(2)25-18-22(17-21-10-8-9-11-23(21)25)29-30-24(12-15-34-29)27-20(3)16-26-28(31(27)35-30)33(6,7)14-13-32(26,4)5;1-5-10(6-2)12(14)9-13(15)11(7-3)8-4;/h8-12,15-16,18-19H,13-14H2,1-7H3;9-11,14H,5-8H2,1-4H3;/q-1;;/b;12-9-;. The van der Waals surface area contributed by atoms with Crippen LogP contribution in [0.15, 0.2) is 64.9 Å². The molecule has 0 amide bonds. The fourth-order valence-electron chi connectivity index (χ4n) is 8.00. The molecule has 0 unspecified atom stereocenters. The van der Waals surface area contributed by atoms with Crippen molar-refractivity contribution in [2.24, 2.45) is 11.8 Å². The summed E-state index contributed by atoms with van der Waals surface area (Å²) in [5.74, 6) is 0.951. The van der Waals surface area contributed by atoms with E-state index in [1.807, 2.05) is 33.9 Å². The second kappa shape index (κ2) is 16.2. The van der Waals surface area contributed by atoms with E-state index in [4.69, 9.17) is 9.40 Å². The number of benzene rings is 3. The summed E-state index contributed by atoms with van der Waals surface area (Å²) in [5.41, 5.74) is 9.43. The zero-order valence-electron chi connectivity index (χ0n) is 32.7. The van der Waals surface area contributed by atoms with Gasteiger partial charge in [0.15, 0.2) is 5.78 Å². The number of furan rings is 1. The summed E-state index contributed by atoms with van der Waals surface area (Å²) in [6.45, 7) is 24.3. The van der Waals surface area contributed by atoms with Crippen LogP contribution in [-0.4, -0.2) is 15.9 Å². The molecule has 0 saturated carbocycles. The van der Waals surface area contributed by atoms with Gasteiger partial charge in [-0.3, -0.25) is 9.78 Å². The molecule has 3 aromatic carbocycles. The van der Waals surface area contributed by atoms with Gasteiger partial charge in [-0.2, -0.15) is 0 Å². The average molecular weight is 865 g/mol. The Kier molecular flexibility index (Phi) is 12.8. The van der Waals surface area contributed by atoms with Crippen molar-refractivity contribution >= 4 is 38.5 Å². The summed E-state index contributed by atoms with van der Waals surface area (Å²) in [6, 6.07) is 19.0. The summed E-state index contributed by atoms with van der Waals surface area (Å²) in [6.07, 6.45) is 9.18. The van der Waals surface area contributed by atoms with Gasteiger partial charge in [0.1, 0.15) is 11.2 Å². The van der Waals surface area contributed by atoms with Gasteiger partial charge in [-0.05, 0) is 79.4 Å². The topological polar surface area (TPSA) is 63.3 Å².